The van der Waals surface area contributed by atoms with E-state index in [0.29, 0.717) is 12.2 Å². The summed E-state index contributed by atoms with van der Waals surface area (Å²) in [7, 11) is 0. The first kappa shape index (κ1) is 11.5. The molecule has 0 aliphatic heterocycles. The van der Waals surface area contributed by atoms with Gasteiger partial charge in [0.25, 0.3) is 0 Å². The Labute approximate surface area is 87.5 Å². The minimum absolute atomic E-state index is 0.371. The zero-order chi connectivity index (χ0) is 11.3. The smallest absolute Gasteiger partial charge is 0.344 e. The van der Waals surface area contributed by atoms with Crippen LogP contribution in [0.5, 0.6) is 5.75 Å². The molecule has 0 unspecified atom stereocenters. The zero-order valence-electron chi connectivity index (χ0n) is 8.44. The molecular formula is C11H13FO3. The van der Waals surface area contributed by atoms with Crippen molar-refractivity contribution in [3.8, 4) is 5.75 Å². The monoisotopic (exact) mass is 212 g/mol. The number of rotatable bonds is 5. The lowest BCUT2D eigenvalue weighted by Gasteiger charge is -2.13. The van der Waals surface area contributed by atoms with E-state index in [2.05, 4.69) is 0 Å². The van der Waals surface area contributed by atoms with E-state index in [1.807, 2.05) is 6.92 Å². The van der Waals surface area contributed by atoms with Crippen LogP contribution in [0.25, 0.3) is 0 Å². The lowest BCUT2D eigenvalue weighted by atomic mass is 10.2. The van der Waals surface area contributed by atoms with E-state index in [1.165, 1.54) is 24.3 Å². The highest BCUT2D eigenvalue weighted by Gasteiger charge is 2.17. The molecule has 1 N–H and O–H groups in total. The maximum atomic E-state index is 12.6. The highest BCUT2D eigenvalue weighted by molar-refractivity contribution is 5.72. The topological polar surface area (TPSA) is 46.5 Å². The first-order valence-corrected chi connectivity index (χ1v) is 4.78. The van der Waals surface area contributed by atoms with Gasteiger partial charge in [0.1, 0.15) is 11.6 Å². The van der Waals surface area contributed by atoms with Gasteiger partial charge in [-0.1, -0.05) is 13.3 Å². The molecule has 3 nitrogen and oxygen atoms in total. The number of hydrogen-bond acceptors (Lipinski definition) is 2. The third-order valence-electron chi connectivity index (χ3n) is 1.92. The van der Waals surface area contributed by atoms with Gasteiger partial charge < -0.3 is 9.84 Å². The van der Waals surface area contributed by atoms with E-state index in [4.69, 9.17) is 9.84 Å². The van der Waals surface area contributed by atoms with Crippen LogP contribution in [0.2, 0.25) is 0 Å². The molecule has 4 heteroatoms. The summed E-state index contributed by atoms with van der Waals surface area (Å²) < 4.78 is 17.8. The van der Waals surface area contributed by atoms with Crippen LogP contribution in [0.15, 0.2) is 24.3 Å². The summed E-state index contributed by atoms with van der Waals surface area (Å²) in [6.45, 7) is 1.88. The fourth-order valence-electron chi connectivity index (χ4n) is 1.17. The quantitative estimate of drug-likeness (QED) is 0.815. The molecule has 0 saturated carbocycles. The van der Waals surface area contributed by atoms with Crippen molar-refractivity contribution in [2.24, 2.45) is 0 Å². The van der Waals surface area contributed by atoms with Crippen molar-refractivity contribution < 1.29 is 19.0 Å². The second-order valence-corrected chi connectivity index (χ2v) is 3.19. The number of aliphatic carboxylic acids is 1. The molecule has 0 heterocycles. The molecule has 1 atom stereocenters. The van der Waals surface area contributed by atoms with Gasteiger partial charge in [-0.15, -0.1) is 0 Å². The number of halogens is 1. The maximum Gasteiger partial charge on any atom is 0.344 e. The van der Waals surface area contributed by atoms with E-state index in [1.54, 1.807) is 0 Å². The summed E-state index contributed by atoms with van der Waals surface area (Å²) >= 11 is 0. The summed E-state index contributed by atoms with van der Waals surface area (Å²) in [5.74, 6) is -0.997. The molecule has 0 radical (unpaired) electrons. The van der Waals surface area contributed by atoms with Crippen molar-refractivity contribution >= 4 is 5.97 Å². The molecule has 0 spiro atoms. The number of carboxylic acids is 1. The van der Waals surface area contributed by atoms with Gasteiger partial charge in [-0.2, -0.15) is 0 Å². The Morgan fingerprint density at radius 3 is 2.53 bits per heavy atom. The maximum absolute atomic E-state index is 12.6. The van der Waals surface area contributed by atoms with E-state index in [9.17, 15) is 9.18 Å². The first-order chi connectivity index (χ1) is 7.13. The third-order valence-corrected chi connectivity index (χ3v) is 1.92. The number of carbonyl (C=O) groups is 1. The fourth-order valence-corrected chi connectivity index (χ4v) is 1.17. The molecule has 0 aliphatic carbocycles. The lowest BCUT2D eigenvalue weighted by Crippen LogP contribution is -2.26. The summed E-state index contributed by atoms with van der Waals surface area (Å²) in [5, 5.41) is 8.82. The molecule has 0 saturated heterocycles. The highest BCUT2D eigenvalue weighted by atomic mass is 19.1. The molecule has 1 aromatic carbocycles. The first-order valence-electron chi connectivity index (χ1n) is 4.78. The Morgan fingerprint density at radius 1 is 1.47 bits per heavy atom. The van der Waals surface area contributed by atoms with Gasteiger partial charge in [-0.25, -0.2) is 9.18 Å². The summed E-state index contributed by atoms with van der Waals surface area (Å²) in [6.07, 6.45) is 0.297. The Balaban J connectivity index is 2.65. The summed E-state index contributed by atoms with van der Waals surface area (Å²) in [5.41, 5.74) is 0. The molecule has 0 bridgehead atoms. The number of hydrogen-bond donors (Lipinski definition) is 1. The second kappa shape index (κ2) is 5.34. The Morgan fingerprint density at radius 2 is 2.07 bits per heavy atom. The van der Waals surface area contributed by atoms with Gasteiger partial charge in [0.05, 0.1) is 0 Å². The van der Waals surface area contributed by atoms with Gasteiger partial charge in [0.15, 0.2) is 6.10 Å². The Bertz CT molecular complexity index is 321. The van der Waals surface area contributed by atoms with E-state index in [-0.39, 0.29) is 5.82 Å². The molecule has 0 fully saturated rings. The van der Waals surface area contributed by atoms with Crippen LogP contribution in [0, 0.1) is 5.82 Å². The molecule has 1 rings (SSSR count). The van der Waals surface area contributed by atoms with E-state index < -0.39 is 12.1 Å². The normalized spacial score (nSPS) is 12.1. The average Bonchev–Trinajstić information content (AvgIpc) is 2.20. The van der Waals surface area contributed by atoms with Crippen molar-refractivity contribution in [1.82, 2.24) is 0 Å². The van der Waals surface area contributed by atoms with Crippen LogP contribution in [-0.2, 0) is 4.79 Å². The van der Waals surface area contributed by atoms with Gasteiger partial charge in [0, 0.05) is 0 Å². The minimum Gasteiger partial charge on any atom is -0.479 e. The predicted molar refractivity (Wildman–Crippen MR) is 53.4 cm³/mol. The molecular weight excluding hydrogens is 199 g/mol. The van der Waals surface area contributed by atoms with Crippen LogP contribution in [0.4, 0.5) is 4.39 Å². The highest BCUT2D eigenvalue weighted by Crippen LogP contribution is 2.15. The number of carboxylic acid groups (broad SMARTS) is 1. The summed E-state index contributed by atoms with van der Waals surface area (Å²) in [6, 6.07) is 5.31. The van der Waals surface area contributed by atoms with Crippen molar-refractivity contribution in [1.29, 1.82) is 0 Å². The molecule has 1 aromatic rings. The molecule has 0 aliphatic rings. The predicted octanol–water partition coefficient (Wildman–Crippen LogP) is 2.46. The van der Waals surface area contributed by atoms with Crippen molar-refractivity contribution in [2.75, 3.05) is 0 Å². The van der Waals surface area contributed by atoms with Gasteiger partial charge >= 0.3 is 5.97 Å². The van der Waals surface area contributed by atoms with Crippen LogP contribution in [-0.4, -0.2) is 17.2 Å². The molecule has 0 amide bonds. The lowest BCUT2D eigenvalue weighted by molar-refractivity contribution is -0.145. The standard InChI is InChI=1S/C11H13FO3/c1-2-3-10(11(13)14)15-9-6-4-8(12)5-7-9/h4-7,10H,2-3H2,1H3,(H,13,14)/t10-/m0/s1. The van der Waals surface area contributed by atoms with Gasteiger partial charge in [-0.05, 0) is 30.7 Å². The molecule has 0 aromatic heterocycles. The van der Waals surface area contributed by atoms with Crippen molar-refractivity contribution in [3.63, 3.8) is 0 Å². The van der Waals surface area contributed by atoms with E-state index >= 15 is 0 Å². The van der Waals surface area contributed by atoms with Crippen molar-refractivity contribution in [2.45, 2.75) is 25.9 Å². The van der Waals surface area contributed by atoms with Crippen LogP contribution in [0.3, 0.4) is 0 Å². The van der Waals surface area contributed by atoms with Gasteiger partial charge in [-0.3, -0.25) is 0 Å². The third kappa shape index (κ3) is 3.58. The van der Waals surface area contributed by atoms with Crippen LogP contribution in [0.1, 0.15) is 19.8 Å². The number of benzene rings is 1. The second-order valence-electron chi connectivity index (χ2n) is 3.19. The van der Waals surface area contributed by atoms with Gasteiger partial charge in [0.2, 0.25) is 0 Å². The molecule has 82 valence electrons. The zero-order valence-corrected chi connectivity index (χ0v) is 8.44. The Hall–Kier alpha value is -1.58. The van der Waals surface area contributed by atoms with Crippen LogP contribution < -0.4 is 4.74 Å². The SMILES string of the molecule is CCC[C@H](Oc1ccc(F)cc1)C(=O)O. The van der Waals surface area contributed by atoms with E-state index in [0.717, 1.165) is 6.42 Å². The van der Waals surface area contributed by atoms with Crippen LogP contribution >= 0.6 is 0 Å². The Kier molecular flexibility index (Phi) is 4.09. The largest absolute Gasteiger partial charge is 0.479 e. The number of ether oxygens (including phenoxy) is 1. The minimum atomic E-state index is -0.999. The fraction of sp³-hybridized carbons (Fsp3) is 0.364. The average molecular weight is 212 g/mol. The molecule has 15 heavy (non-hydrogen) atoms. The van der Waals surface area contributed by atoms with Crippen molar-refractivity contribution in [3.05, 3.63) is 30.1 Å². The summed E-state index contributed by atoms with van der Waals surface area (Å²) in [4.78, 5) is 10.8.